The van der Waals surface area contributed by atoms with Crippen LogP contribution in [0, 0.1) is 0 Å². The van der Waals surface area contributed by atoms with Crippen molar-refractivity contribution in [2.75, 3.05) is 13.2 Å². The molecule has 1 aromatic heterocycles. The predicted molar refractivity (Wildman–Crippen MR) is 107 cm³/mol. The van der Waals surface area contributed by atoms with Crippen molar-refractivity contribution in [1.82, 2.24) is 10.3 Å². The first-order chi connectivity index (χ1) is 13.0. The van der Waals surface area contributed by atoms with Crippen molar-refractivity contribution in [3.8, 4) is 17.4 Å². The zero-order valence-corrected chi connectivity index (χ0v) is 16.0. The number of fused-ring (bicyclic) bond motifs is 1. The number of rotatable bonds is 7. The van der Waals surface area contributed by atoms with E-state index in [1.165, 1.54) is 6.92 Å². The molecular formula is C21H21ClN2O3. The fourth-order valence-corrected chi connectivity index (χ4v) is 2.89. The van der Waals surface area contributed by atoms with Crippen LogP contribution in [0.2, 0.25) is 5.02 Å². The molecule has 1 N–H and O–H groups in total. The molecule has 6 heteroatoms. The van der Waals surface area contributed by atoms with E-state index in [1.807, 2.05) is 37.3 Å². The highest BCUT2D eigenvalue weighted by Crippen LogP contribution is 2.32. The van der Waals surface area contributed by atoms with Gasteiger partial charge in [0.05, 0.1) is 17.1 Å². The minimum absolute atomic E-state index is 0.0211. The Labute approximate surface area is 163 Å². The van der Waals surface area contributed by atoms with E-state index in [0.717, 1.165) is 22.9 Å². The predicted octanol–water partition coefficient (Wildman–Crippen LogP) is 4.76. The topological polar surface area (TPSA) is 60.5 Å². The van der Waals surface area contributed by atoms with E-state index in [2.05, 4.69) is 16.4 Å². The van der Waals surface area contributed by atoms with Gasteiger partial charge in [-0.25, -0.2) is 4.98 Å². The van der Waals surface area contributed by atoms with Gasteiger partial charge in [-0.3, -0.25) is 4.79 Å². The molecule has 3 aromatic rings. The summed E-state index contributed by atoms with van der Waals surface area (Å²) in [4.78, 5) is 15.5. The lowest BCUT2D eigenvalue weighted by Gasteiger charge is -2.10. The van der Waals surface area contributed by atoms with Gasteiger partial charge in [0.2, 0.25) is 11.8 Å². The van der Waals surface area contributed by atoms with Gasteiger partial charge in [0, 0.05) is 31.0 Å². The van der Waals surface area contributed by atoms with Crippen molar-refractivity contribution in [3.63, 3.8) is 0 Å². The number of nitrogens with one attached hydrogen (secondary N) is 1. The maximum atomic E-state index is 11.0. The van der Waals surface area contributed by atoms with Gasteiger partial charge >= 0.3 is 0 Å². The molecule has 0 saturated heterocycles. The lowest BCUT2D eigenvalue weighted by molar-refractivity contribution is -0.118. The van der Waals surface area contributed by atoms with Crippen LogP contribution in [-0.2, 0) is 11.2 Å². The van der Waals surface area contributed by atoms with Gasteiger partial charge in [0.1, 0.15) is 11.5 Å². The van der Waals surface area contributed by atoms with Crippen molar-refractivity contribution in [3.05, 3.63) is 59.1 Å². The average Bonchev–Trinajstić information content (AvgIpc) is 2.64. The highest BCUT2D eigenvalue weighted by Gasteiger charge is 2.07. The van der Waals surface area contributed by atoms with E-state index in [4.69, 9.17) is 21.1 Å². The third-order valence-corrected chi connectivity index (χ3v) is 4.24. The summed E-state index contributed by atoms with van der Waals surface area (Å²) in [5.41, 5.74) is 1.97. The SMILES string of the molecule is CCOc1ccc(Oc2ccc3cc(CCNC(C)=O)ccc3n2)c(Cl)c1. The normalized spacial score (nSPS) is 10.6. The number of aromatic nitrogens is 1. The van der Waals surface area contributed by atoms with Gasteiger partial charge in [0.15, 0.2) is 0 Å². The van der Waals surface area contributed by atoms with Gasteiger partial charge in [-0.15, -0.1) is 0 Å². The van der Waals surface area contributed by atoms with Crippen molar-refractivity contribution >= 4 is 28.4 Å². The molecule has 0 spiro atoms. The van der Waals surface area contributed by atoms with Crippen LogP contribution in [0.1, 0.15) is 19.4 Å². The quantitative estimate of drug-likeness (QED) is 0.638. The van der Waals surface area contributed by atoms with E-state index < -0.39 is 0 Å². The van der Waals surface area contributed by atoms with Crippen LogP contribution in [0.25, 0.3) is 10.9 Å². The van der Waals surface area contributed by atoms with Crippen molar-refractivity contribution in [2.24, 2.45) is 0 Å². The zero-order valence-electron chi connectivity index (χ0n) is 15.3. The number of hydrogen-bond acceptors (Lipinski definition) is 4. The molecule has 0 atom stereocenters. The summed E-state index contributed by atoms with van der Waals surface area (Å²) in [5, 5.41) is 4.28. The standard InChI is InChI=1S/C21H21ClN2O3/c1-3-26-17-6-8-20(18(22)13-17)27-21-9-5-16-12-15(4-7-19(16)24-21)10-11-23-14(2)25/h4-9,12-13H,3,10-11H2,1-2H3,(H,23,25). The van der Waals surface area contributed by atoms with E-state index in [0.29, 0.717) is 35.6 Å². The number of amides is 1. The van der Waals surface area contributed by atoms with Gasteiger partial charge < -0.3 is 14.8 Å². The summed E-state index contributed by atoms with van der Waals surface area (Å²) in [6.07, 6.45) is 0.773. The Kier molecular flexibility index (Phi) is 6.14. The van der Waals surface area contributed by atoms with Crippen LogP contribution in [0.15, 0.2) is 48.5 Å². The first kappa shape index (κ1) is 19.0. The molecule has 1 amide bonds. The summed E-state index contributed by atoms with van der Waals surface area (Å²) < 4.78 is 11.2. The molecule has 3 rings (SSSR count). The Morgan fingerprint density at radius 1 is 1.15 bits per heavy atom. The molecule has 140 valence electrons. The highest BCUT2D eigenvalue weighted by atomic mass is 35.5. The second kappa shape index (κ2) is 8.73. The van der Waals surface area contributed by atoms with Crippen LogP contribution in [0.4, 0.5) is 0 Å². The number of ether oxygens (including phenoxy) is 2. The Hall–Kier alpha value is -2.79. The molecule has 5 nitrogen and oxygen atoms in total. The molecule has 0 aliphatic rings. The summed E-state index contributed by atoms with van der Waals surface area (Å²) >= 11 is 6.26. The lowest BCUT2D eigenvalue weighted by Crippen LogP contribution is -2.22. The van der Waals surface area contributed by atoms with E-state index in [-0.39, 0.29) is 5.91 Å². The molecule has 27 heavy (non-hydrogen) atoms. The maximum absolute atomic E-state index is 11.0. The van der Waals surface area contributed by atoms with Gasteiger partial charge in [0.25, 0.3) is 0 Å². The Balaban J connectivity index is 1.74. The lowest BCUT2D eigenvalue weighted by atomic mass is 10.1. The molecular weight excluding hydrogens is 364 g/mol. The van der Waals surface area contributed by atoms with E-state index in [9.17, 15) is 4.79 Å². The molecule has 0 fully saturated rings. The monoisotopic (exact) mass is 384 g/mol. The number of carbonyl (C=O) groups is 1. The Morgan fingerprint density at radius 3 is 2.74 bits per heavy atom. The second-order valence-electron chi connectivity index (χ2n) is 6.04. The van der Waals surface area contributed by atoms with Crippen LogP contribution in [0.3, 0.4) is 0 Å². The highest BCUT2D eigenvalue weighted by molar-refractivity contribution is 6.32. The molecule has 1 heterocycles. The average molecular weight is 385 g/mol. The number of carbonyl (C=O) groups excluding carboxylic acids is 1. The van der Waals surface area contributed by atoms with Crippen molar-refractivity contribution in [1.29, 1.82) is 0 Å². The Bertz CT molecular complexity index is 959. The molecule has 0 aliphatic heterocycles. The first-order valence-corrected chi connectivity index (χ1v) is 9.17. The van der Waals surface area contributed by atoms with Crippen LogP contribution >= 0.6 is 11.6 Å². The van der Waals surface area contributed by atoms with Gasteiger partial charge in [-0.2, -0.15) is 0 Å². The molecule has 0 radical (unpaired) electrons. The number of benzene rings is 2. The summed E-state index contributed by atoms with van der Waals surface area (Å²) in [6.45, 7) is 4.63. The minimum Gasteiger partial charge on any atom is -0.494 e. The number of nitrogens with zero attached hydrogens (tertiary/aromatic N) is 1. The Morgan fingerprint density at radius 2 is 2.00 bits per heavy atom. The fourth-order valence-electron chi connectivity index (χ4n) is 2.69. The third-order valence-electron chi connectivity index (χ3n) is 3.94. The smallest absolute Gasteiger partial charge is 0.219 e. The molecule has 0 saturated carbocycles. The third kappa shape index (κ3) is 5.11. The summed E-state index contributed by atoms with van der Waals surface area (Å²) in [6, 6.07) is 15.1. The second-order valence-corrected chi connectivity index (χ2v) is 6.44. The van der Waals surface area contributed by atoms with Crippen molar-refractivity contribution < 1.29 is 14.3 Å². The number of hydrogen-bond donors (Lipinski definition) is 1. The van der Waals surface area contributed by atoms with Crippen LogP contribution in [0.5, 0.6) is 17.4 Å². The zero-order chi connectivity index (χ0) is 19.2. The van der Waals surface area contributed by atoms with Crippen LogP contribution < -0.4 is 14.8 Å². The number of halogens is 1. The van der Waals surface area contributed by atoms with Gasteiger partial charge in [-0.1, -0.05) is 17.7 Å². The molecule has 0 aliphatic carbocycles. The molecule has 0 unspecified atom stereocenters. The molecule has 0 bridgehead atoms. The summed E-state index contributed by atoms with van der Waals surface area (Å²) in [5.74, 6) is 1.68. The maximum Gasteiger partial charge on any atom is 0.219 e. The summed E-state index contributed by atoms with van der Waals surface area (Å²) in [7, 11) is 0. The number of pyridine rings is 1. The first-order valence-electron chi connectivity index (χ1n) is 8.79. The largest absolute Gasteiger partial charge is 0.494 e. The molecule has 2 aromatic carbocycles. The minimum atomic E-state index is -0.0211. The van der Waals surface area contributed by atoms with E-state index >= 15 is 0 Å². The van der Waals surface area contributed by atoms with E-state index in [1.54, 1.807) is 12.1 Å². The van der Waals surface area contributed by atoms with Crippen molar-refractivity contribution in [2.45, 2.75) is 20.3 Å². The fraction of sp³-hybridized carbons (Fsp3) is 0.238. The van der Waals surface area contributed by atoms with Gasteiger partial charge in [-0.05, 0) is 49.2 Å². The van der Waals surface area contributed by atoms with Crippen LogP contribution in [-0.4, -0.2) is 24.0 Å².